The van der Waals surface area contributed by atoms with Gasteiger partial charge in [0.05, 0.1) is 0 Å². The van der Waals surface area contributed by atoms with E-state index in [1.165, 1.54) is 44.9 Å². The zero-order chi connectivity index (χ0) is 12.8. The molecule has 2 aliphatic rings. The molecular weight excluding hydrogens is 246 g/mol. The van der Waals surface area contributed by atoms with Crippen molar-refractivity contribution in [1.29, 1.82) is 0 Å². The number of piperidine rings is 1. The molecule has 18 heavy (non-hydrogen) atoms. The normalized spacial score (nSPS) is 26.3. The van der Waals surface area contributed by atoms with Crippen molar-refractivity contribution in [3.05, 3.63) is 0 Å². The average molecular weight is 272 g/mol. The van der Waals surface area contributed by atoms with Gasteiger partial charge < -0.3 is 4.90 Å². The summed E-state index contributed by atoms with van der Waals surface area (Å²) in [4.78, 5) is 14.6. The van der Waals surface area contributed by atoms with E-state index in [9.17, 15) is 4.79 Å². The van der Waals surface area contributed by atoms with E-state index in [2.05, 4.69) is 4.90 Å². The van der Waals surface area contributed by atoms with Crippen LogP contribution in [0.2, 0.25) is 0 Å². The Bertz CT molecular complexity index is 261. The van der Waals surface area contributed by atoms with Gasteiger partial charge >= 0.3 is 0 Å². The van der Waals surface area contributed by atoms with Crippen LogP contribution in [0, 0.1) is 5.92 Å². The lowest BCUT2D eigenvalue weighted by Gasteiger charge is -2.36. The maximum Gasteiger partial charge on any atom is 0.223 e. The molecule has 2 nitrogen and oxygen atoms in total. The second-order valence-electron chi connectivity index (χ2n) is 5.92. The van der Waals surface area contributed by atoms with E-state index in [0.29, 0.717) is 23.7 Å². The predicted molar refractivity (Wildman–Crippen MR) is 75.9 cm³/mol. The number of likely N-dealkylation sites (tertiary alicyclic amines) is 1. The van der Waals surface area contributed by atoms with Gasteiger partial charge in [0.2, 0.25) is 5.91 Å². The highest BCUT2D eigenvalue weighted by atomic mass is 35.5. The lowest BCUT2D eigenvalue weighted by molar-refractivity contribution is -0.136. The molecule has 1 saturated carbocycles. The van der Waals surface area contributed by atoms with Gasteiger partial charge in [-0.15, -0.1) is 11.6 Å². The van der Waals surface area contributed by atoms with Crippen LogP contribution in [0.4, 0.5) is 0 Å². The highest BCUT2D eigenvalue weighted by molar-refractivity contribution is 6.17. The van der Waals surface area contributed by atoms with Crippen molar-refractivity contribution in [3.8, 4) is 0 Å². The van der Waals surface area contributed by atoms with E-state index in [4.69, 9.17) is 11.6 Å². The fraction of sp³-hybridized carbons (Fsp3) is 0.933. The Kier molecular flexibility index (Phi) is 5.81. The molecular formula is C15H26ClNO. The average Bonchev–Trinajstić information content (AvgIpc) is 2.41. The fourth-order valence-electron chi connectivity index (χ4n) is 3.51. The summed E-state index contributed by atoms with van der Waals surface area (Å²) in [7, 11) is 0. The topological polar surface area (TPSA) is 20.3 Å². The van der Waals surface area contributed by atoms with Gasteiger partial charge in [-0.3, -0.25) is 4.79 Å². The van der Waals surface area contributed by atoms with Gasteiger partial charge in [0.1, 0.15) is 0 Å². The van der Waals surface area contributed by atoms with Crippen molar-refractivity contribution in [2.24, 2.45) is 5.92 Å². The summed E-state index contributed by atoms with van der Waals surface area (Å²) in [6.45, 7) is 0.965. The Balaban J connectivity index is 1.84. The van der Waals surface area contributed by atoms with E-state index in [1.807, 2.05) is 0 Å². The van der Waals surface area contributed by atoms with Gasteiger partial charge in [-0.2, -0.15) is 0 Å². The molecule has 104 valence electrons. The first-order valence-electron chi connectivity index (χ1n) is 7.66. The molecule has 3 heteroatoms. The number of carbonyl (C=O) groups excluding carboxylic acids is 1. The van der Waals surface area contributed by atoms with Crippen LogP contribution in [0.25, 0.3) is 0 Å². The third-order valence-corrected chi connectivity index (χ3v) is 4.80. The van der Waals surface area contributed by atoms with E-state index < -0.39 is 0 Å². The maximum atomic E-state index is 12.4. The smallest absolute Gasteiger partial charge is 0.223 e. The number of alkyl halides is 1. The number of hydrogen-bond acceptors (Lipinski definition) is 1. The van der Waals surface area contributed by atoms with Crippen molar-refractivity contribution in [2.75, 3.05) is 12.4 Å². The number of rotatable bonds is 4. The Morgan fingerprint density at radius 2 is 1.78 bits per heavy atom. The predicted octanol–water partition coefficient (Wildman–Crippen LogP) is 3.97. The van der Waals surface area contributed by atoms with Crippen LogP contribution in [0.3, 0.4) is 0 Å². The SMILES string of the molecule is O=C(CC1CCCCC1)N1CCCCC1CCCl. The maximum absolute atomic E-state index is 12.4. The van der Waals surface area contributed by atoms with Crippen LogP contribution in [-0.2, 0) is 4.79 Å². The van der Waals surface area contributed by atoms with Crippen LogP contribution >= 0.6 is 11.6 Å². The minimum absolute atomic E-state index is 0.400. The van der Waals surface area contributed by atoms with Crippen molar-refractivity contribution in [3.63, 3.8) is 0 Å². The molecule has 1 unspecified atom stereocenters. The Morgan fingerprint density at radius 1 is 1.06 bits per heavy atom. The first-order valence-corrected chi connectivity index (χ1v) is 8.20. The molecule has 0 bridgehead atoms. The highest BCUT2D eigenvalue weighted by Crippen LogP contribution is 2.28. The molecule has 0 aromatic rings. The van der Waals surface area contributed by atoms with E-state index in [1.54, 1.807) is 0 Å². The molecule has 1 heterocycles. The highest BCUT2D eigenvalue weighted by Gasteiger charge is 2.28. The van der Waals surface area contributed by atoms with Crippen LogP contribution < -0.4 is 0 Å². The van der Waals surface area contributed by atoms with Crippen LogP contribution in [-0.4, -0.2) is 29.3 Å². The van der Waals surface area contributed by atoms with Gasteiger partial charge in [-0.25, -0.2) is 0 Å². The molecule has 0 N–H and O–H groups in total. The zero-order valence-corrected chi connectivity index (χ0v) is 12.1. The Hall–Kier alpha value is -0.240. The molecule has 1 amide bonds. The first-order chi connectivity index (χ1) is 8.81. The number of halogens is 1. The second-order valence-corrected chi connectivity index (χ2v) is 6.30. The number of nitrogens with zero attached hydrogens (tertiary/aromatic N) is 1. The van der Waals surface area contributed by atoms with Crippen LogP contribution in [0.5, 0.6) is 0 Å². The van der Waals surface area contributed by atoms with Crippen molar-refractivity contribution in [1.82, 2.24) is 4.90 Å². The molecule has 0 spiro atoms. The molecule has 2 fully saturated rings. The summed E-state index contributed by atoms with van der Waals surface area (Å²) in [5.41, 5.74) is 0. The van der Waals surface area contributed by atoms with Crippen molar-refractivity contribution < 1.29 is 4.79 Å². The minimum Gasteiger partial charge on any atom is -0.340 e. The molecule has 2 rings (SSSR count). The fourth-order valence-corrected chi connectivity index (χ4v) is 3.76. The lowest BCUT2D eigenvalue weighted by Crippen LogP contribution is -2.44. The molecule has 1 aliphatic heterocycles. The van der Waals surface area contributed by atoms with Crippen LogP contribution in [0.15, 0.2) is 0 Å². The third kappa shape index (κ3) is 3.88. The van der Waals surface area contributed by atoms with Crippen molar-refractivity contribution >= 4 is 17.5 Å². The van der Waals surface area contributed by atoms with Crippen molar-refractivity contribution in [2.45, 2.75) is 70.3 Å². The van der Waals surface area contributed by atoms with Crippen LogP contribution in [0.1, 0.15) is 64.2 Å². The Labute approximate surface area is 116 Å². The quantitative estimate of drug-likeness (QED) is 0.709. The van der Waals surface area contributed by atoms with Gasteiger partial charge in [-0.05, 0) is 44.4 Å². The van der Waals surface area contributed by atoms with Gasteiger partial charge in [0.25, 0.3) is 0 Å². The van der Waals surface area contributed by atoms with E-state index >= 15 is 0 Å². The summed E-state index contributed by atoms with van der Waals surface area (Å²) >= 11 is 5.86. The largest absolute Gasteiger partial charge is 0.340 e. The molecule has 1 saturated heterocycles. The monoisotopic (exact) mass is 271 g/mol. The summed E-state index contributed by atoms with van der Waals surface area (Å²) in [5, 5.41) is 0. The summed E-state index contributed by atoms with van der Waals surface area (Å²) in [5.74, 6) is 1.74. The molecule has 0 aromatic heterocycles. The van der Waals surface area contributed by atoms with E-state index in [0.717, 1.165) is 25.8 Å². The van der Waals surface area contributed by atoms with Gasteiger partial charge in [0.15, 0.2) is 0 Å². The molecule has 0 radical (unpaired) electrons. The lowest BCUT2D eigenvalue weighted by atomic mass is 9.86. The summed E-state index contributed by atoms with van der Waals surface area (Å²) in [6, 6.07) is 0.423. The number of amides is 1. The number of hydrogen-bond donors (Lipinski definition) is 0. The number of carbonyl (C=O) groups is 1. The van der Waals surface area contributed by atoms with Gasteiger partial charge in [-0.1, -0.05) is 19.3 Å². The van der Waals surface area contributed by atoms with Gasteiger partial charge in [0, 0.05) is 24.9 Å². The second kappa shape index (κ2) is 7.37. The van der Waals surface area contributed by atoms with E-state index in [-0.39, 0.29) is 0 Å². The molecule has 1 atom stereocenters. The molecule has 0 aromatic carbocycles. The zero-order valence-electron chi connectivity index (χ0n) is 11.4. The Morgan fingerprint density at radius 3 is 2.50 bits per heavy atom. The summed E-state index contributed by atoms with van der Waals surface area (Å²) in [6.07, 6.45) is 11.9. The third-order valence-electron chi connectivity index (χ3n) is 4.58. The molecule has 1 aliphatic carbocycles. The standard InChI is InChI=1S/C15H26ClNO/c16-10-9-14-8-4-5-11-17(14)15(18)12-13-6-2-1-3-7-13/h13-14H,1-12H2. The summed E-state index contributed by atoms with van der Waals surface area (Å²) < 4.78 is 0. The first kappa shape index (κ1) is 14.2. The minimum atomic E-state index is 0.400.